The first kappa shape index (κ1) is 24.4. The van der Waals surface area contributed by atoms with Crippen LogP contribution in [0.15, 0.2) is 34.2 Å². The van der Waals surface area contributed by atoms with Crippen LogP contribution in [0.2, 0.25) is 0 Å². The maximum atomic E-state index is 13.8. The summed E-state index contributed by atoms with van der Waals surface area (Å²) in [6, 6.07) is 4.76. The predicted octanol–water partition coefficient (Wildman–Crippen LogP) is 5.84. The molecule has 2 aromatic heterocycles. The minimum absolute atomic E-state index is 0.0349. The van der Waals surface area contributed by atoms with Crippen LogP contribution in [-0.4, -0.2) is 39.2 Å². The Balaban J connectivity index is 1.58. The molecule has 35 heavy (non-hydrogen) atoms. The maximum Gasteiger partial charge on any atom is 0.416 e. The van der Waals surface area contributed by atoms with Gasteiger partial charge in [-0.05, 0) is 62.3 Å². The summed E-state index contributed by atoms with van der Waals surface area (Å²) in [6.45, 7) is 1.42. The Hall–Kier alpha value is -2.33. The Morgan fingerprint density at radius 1 is 1.06 bits per heavy atom. The van der Waals surface area contributed by atoms with Gasteiger partial charge in [0, 0.05) is 18.0 Å². The minimum atomic E-state index is -4.53. The van der Waals surface area contributed by atoms with Crippen molar-refractivity contribution in [3.63, 3.8) is 0 Å². The third-order valence-electron chi connectivity index (χ3n) is 6.67. The summed E-state index contributed by atoms with van der Waals surface area (Å²) in [6.07, 6.45) is 3.29. The van der Waals surface area contributed by atoms with Crippen LogP contribution in [-0.2, 0) is 23.8 Å². The molecule has 1 saturated heterocycles. The van der Waals surface area contributed by atoms with E-state index in [4.69, 9.17) is 4.98 Å². The molecule has 3 heterocycles. The highest BCUT2D eigenvalue weighted by molar-refractivity contribution is 7.99. The van der Waals surface area contributed by atoms with Crippen LogP contribution in [0.1, 0.15) is 54.5 Å². The van der Waals surface area contributed by atoms with Crippen LogP contribution in [0.4, 0.5) is 13.2 Å². The zero-order chi connectivity index (χ0) is 24.6. The third kappa shape index (κ3) is 5.00. The summed E-state index contributed by atoms with van der Waals surface area (Å²) in [5, 5.41) is 0.758. The number of alkyl halides is 3. The number of nitrogens with zero attached hydrogens (tertiary/aromatic N) is 3. The number of aromatic nitrogens is 2. The van der Waals surface area contributed by atoms with Gasteiger partial charge in [-0.1, -0.05) is 30.7 Å². The topological polar surface area (TPSA) is 55.2 Å². The van der Waals surface area contributed by atoms with Gasteiger partial charge < -0.3 is 4.90 Å². The fourth-order valence-electron chi connectivity index (χ4n) is 4.87. The average molecular weight is 522 g/mol. The highest BCUT2D eigenvalue weighted by atomic mass is 32.2. The van der Waals surface area contributed by atoms with Crippen LogP contribution in [0, 0.1) is 0 Å². The van der Waals surface area contributed by atoms with E-state index in [0.717, 1.165) is 85.7 Å². The number of halogens is 3. The van der Waals surface area contributed by atoms with Crippen LogP contribution in [0.5, 0.6) is 0 Å². The minimum Gasteiger partial charge on any atom is -0.342 e. The van der Waals surface area contributed by atoms with Crippen molar-refractivity contribution in [3.8, 4) is 5.69 Å². The predicted molar refractivity (Wildman–Crippen MR) is 133 cm³/mol. The number of rotatable bonds is 4. The molecule has 1 aliphatic carbocycles. The number of likely N-dealkylation sites (tertiary alicyclic amines) is 1. The molecule has 10 heteroatoms. The van der Waals surface area contributed by atoms with Gasteiger partial charge in [-0.25, -0.2) is 4.98 Å². The number of fused-ring (bicyclic) bond motifs is 3. The van der Waals surface area contributed by atoms with Gasteiger partial charge in [0.25, 0.3) is 5.56 Å². The number of aryl methyl sites for hydroxylation is 2. The van der Waals surface area contributed by atoms with E-state index in [1.165, 1.54) is 28.0 Å². The van der Waals surface area contributed by atoms with Crippen molar-refractivity contribution in [1.29, 1.82) is 0 Å². The molecule has 0 unspecified atom stereocenters. The first-order chi connectivity index (χ1) is 16.8. The molecule has 2 aliphatic rings. The first-order valence-electron chi connectivity index (χ1n) is 12.0. The Labute approximate surface area is 209 Å². The van der Waals surface area contributed by atoms with E-state index < -0.39 is 11.7 Å². The average Bonchev–Trinajstić information content (AvgIpc) is 3.00. The van der Waals surface area contributed by atoms with E-state index in [1.54, 1.807) is 0 Å². The van der Waals surface area contributed by atoms with E-state index in [-0.39, 0.29) is 28.1 Å². The third-order valence-corrected chi connectivity index (χ3v) is 8.78. The van der Waals surface area contributed by atoms with Crippen LogP contribution >= 0.6 is 23.1 Å². The monoisotopic (exact) mass is 521 g/mol. The van der Waals surface area contributed by atoms with Crippen LogP contribution < -0.4 is 5.56 Å². The van der Waals surface area contributed by atoms with Gasteiger partial charge >= 0.3 is 6.18 Å². The van der Waals surface area contributed by atoms with E-state index >= 15 is 0 Å². The summed E-state index contributed by atoms with van der Waals surface area (Å²) < 4.78 is 41.6. The van der Waals surface area contributed by atoms with Crippen molar-refractivity contribution in [3.05, 3.63) is 50.6 Å². The van der Waals surface area contributed by atoms with Gasteiger partial charge in [-0.15, -0.1) is 11.3 Å². The smallest absolute Gasteiger partial charge is 0.342 e. The SMILES string of the molecule is O=C(CSc1nc2sc3c(c2c(=O)n1-c1cccc(C(F)(F)F)c1)CCCC3)N1CCCCCC1. The molecule has 0 saturated carbocycles. The van der Waals surface area contributed by atoms with Crippen molar-refractivity contribution in [2.75, 3.05) is 18.8 Å². The fourth-order valence-corrected chi connectivity index (χ4v) is 7.09. The van der Waals surface area contributed by atoms with Crippen LogP contribution in [0.25, 0.3) is 15.9 Å². The second-order valence-corrected chi connectivity index (χ2v) is 11.1. The standard InChI is InChI=1S/C25H26F3N3O2S2/c26-25(27,28)16-8-7-9-17(14-16)31-23(33)21-18-10-3-4-11-19(18)35-22(21)29-24(31)34-15-20(32)30-12-5-1-2-6-13-30/h7-9,14H,1-6,10-13,15H2. The molecule has 186 valence electrons. The lowest BCUT2D eigenvalue weighted by Crippen LogP contribution is -2.33. The number of hydrogen-bond acceptors (Lipinski definition) is 5. The molecule has 1 aromatic carbocycles. The molecule has 5 rings (SSSR count). The Morgan fingerprint density at radius 2 is 1.80 bits per heavy atom. The van der Waals surface area contributed by atoms with Crippen LogP contribution in [0.3, 0.4) is 0 Å². The van der Waals surface area contributed by atoms with Crippen molar-refractivity contribution < 1.29 is 18.0 Å². The quantitative estimate of drug-likeness (QED) is 0.320. The molecule has 0 spiro atoms. The number of thioether (sulfide) groups is 1. The number of carbonyl (C=O) groups excluding carboxylic acids is 1. The summed E-state index contributed by atoms with van der Waals surface area (Å²) in [5.41, 5.74) is -0.101. The van der Waals surface area contributed by atoms with Crippen molar-refractivity contribution in [2.45, 2.75) is 62.7 Å². The molecule has 0 N–H and O–H groups in total. The largest absolute Gasteiger partial charge is 0.416 e. The second-order valence-electron chi connectivity index (χ2n) is 9.06. The Bertz CT molecular complexity index is 1310. The summed E-state index contributed by atoms with van der Waals surface area (Å²) in [7, 11) is 0. The van der Waals surface area contributed by atoms with Gasteiger partial charge in [-0.3, -0.25) is 14.2 Å². The van der Waals surface area contributed by atoms with Gasteiger partial charge in [0.15, 0.2) is 5.16 Å². The molecule has 1 fully saturated rings. The Morgan fingerprint density at radius 3 is 2.54 bits per heavy atom. The van der Waals surface area contributed by atoms with E-state index in [1.807, 2.05) is 4.90 Å². The van der Waals surface area contributed by atoms with E-state index in [9.17, 15) is 22.8 Å². The summed E-state index contributed by atoms with van der Waals surface area (Å²) in [4.78, 5) is 35.0. The highest BCUT2D eigenvalue weighted by Crippen LogP contribution is 2.36. The molecule has 5 nitrogen and oxygen atoms in total. The zero-order valence-electron chi connectivity index (χ0n) is 19.2. The Kier molecular flexibility index (Phi) is 6.94. The maximum absolute atomic E-state index is 13.8. The van der Waals surface area contributed by atoms with Gasteiger partial charge in [-0.2, -0.15) is 13.2 Å². The highest BCUT2D eigenvalue weighted by Gasteiger charge is 2.31. The lowest BCUT2D eigenvalue weighted by atomic mass is 9.97. The van der Waals surface area contributed by atoms with Crippen molar-refractivity contribution >= 4 is 39.2 Å². The van der Waals surface area contributed by atoms with E-state index in [0.29, 0.717) is 23.3 Å². The number of carbonyl (C=O) groups is 1. The number of benzene rings is 1. The summed E-state index contributed by atoms with van der Waals surface area (Å²) >= 11 is 2.62. The fraction of sp³-hybridized carbons (Fsp3) is 0.480. The number of thiophene rings is 1. The molecule has 3 aromatic rings. The normalized spacial score (nSPS) is 16.8. The lowest BCUT2D eigenvalue weighted by Gasteiger charge is -2.20. The molecular formula is C25H26F3N3O2S2. The van der Waals surface area contributed by atoms with Gasteiger partial charge in [0.1, 0.15) is 4.83 Å². The zero-order valence-corrected chi connectivity index (χ0v) is 20.8. The number of hydrogen-bond donors (Lipinski definition) is 0. The molecule has 1 amide bonds. The molecule has 0 atom stereocenters. The molecule has 1 aliphatic heterocycles. The lowest BCUT2D eigenvalue weighted by molar-refractivity contribution is -0.137. The second kappa shape index (κ2) is 9.97. The summed E-state index contributed by atoms with van der Waals surface area (Å²) in [5.74, 6) is 0.0504. The molecular weight excluding hydrogens is 495 g/mol. The molecule has 0 radical (unpaired) electrons. The van der Waals surface area contributed by atoms with Crippen molar-refractivity contribution in [1.82, 2.24) is 14.5 Å². The number of amides is 1. The van der Waals surface area contributed by atoms with E-state index in [2.05, 4.69) is 0 Å². The molecule has 0 bridgehead atoms. The van der Waals surface area contributed by atoms with Gasteiger partial charge in [0.2, 0.25) is 5.91 Å². The van der Waals surface area contributed by atoms with Gasteiger partial charge in [0.05, 0.1) is 22.4 Å². The van der Waals surface area contributed by atoms with Crippen molar-refractivity contribution in [2.24, 2.45) is 0 Å². The first-order valence-corrected chi connectivity index (χ1v) is 13.8.